The first-order valence-corrected chi connectivity index (χ1v) is 6.88. The van der Waals surface area contributed by atoms with Gasteiger partial charge in [0.05, 0.1) is 16.3 Å². The highest BCUT2D eigenvalue weighted by Gasteiger charge is 2.18. The van der Waals surface area contributed by atoms with E-state index in [2.05, 4.69) is 9.88 Å². The number of hydrogen-bond acceptors (Lipinski definition) is 6. The lowest BCUT2D eigenvalue weighted by atomic mass is 10.3. The molecule has 0 saturated carbocycles. The van der Waals surface area contributed by atoms with E-state index in [9.17, 15) is 8.42 Å². The van der Waals surface area contributed by atoms with Crippen LogP contribution in [0, 0.1) is 13.8 Å². The molecule has 0 radical (unpaired) electrons. The molecule has 3 N–H and O–H groups in total. The van der Waals surface area contributed by atoms with Gasteiger partial charge in [-0.15, -0.1) is 0 Å². The molecule has 0 aliphatic rings. The molecule has 19 heavy (non-hydrogen) atoms. The lowest BCUT2D eigenvalue weighted by molar-refractivity contribution is 0.389. The van der Waals surface area contributed by atoms with Crippen LogP contribution in [0.3, 0.4) is 0 Å². The average Bonchev–Trinajstić information content (AvgIpc) is 2.70. The standard InChI is InChI=1S/C11H13N3O4S/c1-7-8(2)13-18-11(7)14-19(16,17)10-5-3-9(12-15)4-6-10/h3-6,12,14-15H,1-2H3. The van der Waals surface area contributed by atoms with Crippen molar-refractivity contribution in [1.82, 2.24) is 5.16 Å². The number of hydrogen-bond donors (Lipinski definition) is 3. The zero-order valence-electron chi connectivity index (χ0n) is 10.3. The minimum atomic E-state index is -3.74. The molecule has 1 aromatic carbocycles. The Morgan fingerprint density at radius 3 is 2.32 bits per heavy atom. The topological polar surface area (TPSA) is 104 Å². The molecular formula is C11H13N3O4S. The van der Waals surface area contributed by atoms with Crippen LogP contribution in [0.25, 0.3) is 0 Å². The number of rotatable bonds is 4. The Morgan fingerprint density at radius 1 is 1.21 bits per heavy atom. The summed E-state index contributed by atoms with van der Waals surface area (Å²) in [6.45, 7) is 3.43. The van der Waals surface area contributed by atoms with Crippen molar-refractivity contribution in [3.8, 4) is 0 Å². The first-order chi connectivity index (χ1) is 8.94. The Morgan fingerprint density at radius 2 is 1.84 bits per heavy atom. The molecule has 8 heteroatoms. The lowest BCUT2D eigenvalue weighted by Gasteiger charge is -2.06. The van der Waals surface area contributed by atoms with Crippen molar-refractivity contribution in [3.05, 3.63) is 35.5 Å². The molecule has 0 unspecified atom stereocenters. The highest BCUT2D eigenvalue weighted by molar-refractivity contribution is 7.92. The number of anilines is 2. The van der Waals surface area contributed by atoms with Crippen LogP contribution in [0.5, 0.6) is 0 Å². The Kier molecular flexibility index (Phi) is 3.45. The van der Waals surface area contributed by atoms with Crippen molar-refractivity contribution in [2.45, 2.75) is 18.7 Å². The number of aromatic nitrogens is 1. The van der Waals surface area contributed by atoms with Crippen molar-refractivity contribution in [2.75, 3.05) is 10.2 Å². The maximum Gasteiger partial charge on any atom is 0.264 e. The molecule has 7 nitrogen and oxygen atoms in total. The van der Waals surface area contributed by atoms with Crippen molar-refractivity contribution in [1.29, 1.82) is 0 Å². The molecule has 2 aromatic rings. The lowest BCUT2D eigenvalue weighted by Crippen LogP contribution is -2.13. The van der Waals surface area contributed by atoms with Gasteiger partial charge in [-0.1, -0.05) is 5.16 Å². The Labute approximate surface area is 110 Å². The van der Waals surface area contributed by atoms with Crippen molar-refractivity contribution < 1.29 is 18.1 Å². The van der Waals surface area contributed by atoms with Gasteiger partial charge in [-0.25, -0.2) is 13.1 Å². The van der Waals surface area contributed by atoms with E-state index in [1.807, 2.05) is 5.48 Å². The summed E-state index contributed by atoms with van der Waals surface area (Å²) in [4.78, 5) is 0.0555. The van der Waals surface area contributed by atoms with E-state index in [1.54, 1.807) is 13.8 Å². The Bertz CT molecular complexity index is 676. The van der Waals surface area contributed by atoms with Gasteiger partial charge >= 0.3 is 0 Å². The molecule has 0 aliphatic carbocycles. The van der Waals surface area contributed by atoms with Gasteiger partial charge in [-0.05, 0) is 38.1 Å². The molecule has 2 rings (SSSR count). The van der Waals surface area contributed by atoms with Crippen LogP contribution in [0.4, 0.5) is 11.6 Å². The molecule has 0 saturated heterocycles. The fourth-order valence-electron chi connectivity index (χ4n) is 1.40. The first-order valence-electron chi connectivity index (χ1n) is 5.40. The summed E-state index contributed by atoms with van der Waals surface area (Å²) in [5, 5.41) is 12.3. The summed E-state index contributed by atoms with van der Waals surface area (Å²) in [6, 6.07) is 5.60. The van der Waals surface area contributed by atoms with Crippen molar-refractivity contribution >= 4 is 21.6 Å². The molecule has 0 fully saturated rings. The van der Waals surface area contributed by atoms with E-state index >= 15 is 0 Å². The maximum absolute atomic E-state index is 12.1. The van der Waals surface area contributed by atoms with Gasteiger partial charge < -0.3 is 4.52 Å². The summed E-state index contributed by atoms with van der Waals surface area (Å²) in [5.74, 6) is 0.0989. The number of nitrogens with one attached hydrogen (secondary N) is 2. The summed E-state index contributed by atoms with van der Waals surface area (Å²) >= 11 is 0. The molecule has 102 valence electrons. The summed E-state index contributed by atoms with van der Waals surface area (Å²) in [7, 11) is -3.74. The highest BCUT2D eigenvalue weighted by atomic mass is 32.2. The van der Waals surface area contributed by atoms with Gasteiger partial charge in [0.15, 0.2) is 0 Å². The number of aryl methyl sites for hydroxylation is 1. The Balaban J connectivity index is 2.29. The van der Waals surface area contributed by atoms with Gasteiger partial charge in [0.2, 0.25) is 5.88 Å². The average molecular weight is 283 g/mol. The number of sulfonamides is 1. The first kappa shape index (κ1) is 13.4. The van der Waals surface area contributed by atoms with E-state index in [-0.39, 0.29) is 10.8 Å². The van der Waals surface area contributed by atoms with Crippen molar-refractivity contribution in [3.63, 3.8) is 0 Å². The van der Waals surface area contributed by atoms with Crippen LogP contribution in [0.1, 0.15) is 11.3 Å². The minimum Gasteiger partial charge on any atom is -0.337 e. The van der Waals surface area contributed by atoms with Crippen LogP contribution in [-0.4, -0.2) is 18.8 Å². The predicted molar refractivity (Wildman–Crippen MR) is 68.6 cm³/mol. The third kappa shape index (κ3) is 2.69. The van der Waals surface area contributed by atoms with Crippen LogP contribution < -0.4 is 10.2 Å². The van der Waals surface area contributed by atoms with E-state index in [0.29, 0.717) is 16.9 Å². The van der Waals surface area contributed by atoms with Gasteiger partial charge in [0.25, 0.3) is 10.0 Å². The highest BCUT2D eigenvalue weighted by Crippen LogP contribution is 2.22. The third-order valence-corrected chi connectivity index (χ3v) is 4.02. The molecule has 0 atom stereocenters. The smallest absolute Gasteiger partial charge is 0.264 e. The van der Waals surface area contributed by atoms with Crippen LogP contribution in [0.2, 0.25) is 0 Å². The van der Waals surface area contributed by atoms with Gasteiger partial charge in [0, 0.05) is 5.56 Å². The van der Waals surface area contributed by atoms with Crippen LogP contribution in [0.15, 0.2) is 33.7 Å². The van der Waals surface area contributed by atoms with E-state index in [0.717, 1.165) is 0 Å². The molecular weight excluding hydrogens is 270 g/mol. The quantitative estimate of drug-likeness (QED) is 0.740. The molecule has 0 bridgehead atoms. The Hall–Kier alpha value is -2.06. The maximum atomic E-state index is 12.1. The fourth-order valence-corrected chi connectivity index (χ4v) is 2.45. The largest absolute Gasteiger partial charge is 0.337 e. The van der Waals surface area contributed by atoms with E-state index in [1.165, 1.54) is 24.3 Å². The fraction of sp³-hybridized carbons (Fsp3) is 0.182. The van der Waals surface area contributed by atoms with Gasteiger partial charge in [-0.3, -0.25) is 10.7 Å². The minimum absolute atomic E-state index is 0.0555. The summed E-state index contributed by atoms with van der Waals surface area (Å²) < 4.78 is 31.4. The molecule has 1 aromatic heterocycles. The number of nitrogens with zero attached hydrogens (tertiary/aromatic N) is 1. The van der Waals surface area contributed by atoms with Crippen LogP contribution in [-0.2, 0) is 10.0 Å². The SMILES string of the molecule is Cc1noc(NS(=O)(=O)c2ccc(NO)cc2)c1C. The normalized spacial score (nSPS) is 11.3. The molecule has 0 amide bonds. The molecule has 0 spiro atoms. The second-order valence-electron chi connectivity index (χ2n) is 3.96. The second kappa shape index (κ2) is 4.90. The second-order valence-corrected chi connectivity index (χ2v) is 5.65. The van der Waals surface area contributed by atoms with E-state index < -0.39 is 10.0 Å². The third-order valence-electron chi connectivity index (χ3n) is 2.68. The van der Waals surface area contributed by atoms with Crippen molar-refractivity contribution in [2.24, 2.45) is 0 Å². The van der Waals surface area contributed by atoms with Gasteiger partial charge in [0.1, 0.15) is 0 Å². The molecule has 1 heterocycles. The van der Waals surface area contributed by atoms with Gasteiger partial charge in [-0.2, -0.15) is 0 Å². The monoisotopic (exact) mass is 283 g/mol. The zero-order chi connectivity index (χ0) is 14.0. The zero-order valence-corrected chi connectivity index (χ0v) is 11.2. The summed E-state index contributed by atoms with van der Waals surface area (Å²) in [5.41, 5.74) is 3.58. The van der Waals surface area contributed by atoms with Crippen LogP contribution >= 0.6 is 0 Å². The molecule has 0 aliphatic heterocycles. The van der Waals surface area contributed by atoms with E-state index in [4.69, 9.17) is 9.73 Å². The predicted octanol–water partition coefficient (Wildman–Crippen LogP) is 1.89. The summed E-state index contributed by atoms with van der Waals surface area (Å²) in [6.07, 6.45) is 0. The number of benzene rings is 1.